The summed E-state index contributed by atoms with van der Waals surface area (Å²) >= 11 is 1.86. The predicted octanol–water partition coefficient (Wildman–Crippen LogP) is 3.25. The van der Waals surface area contributed by atoms with E-state index in [1.54, 1.807) is 0 Å². The van der Waals surface area contributed by atoms with E-state index in [0.29, 0.717) is 12.0 Å². The lowest BCUT2D eigenvalue weighted by atomic mass is 10.1. The Labute approximate surface area is 114 Å². The smallest absolute Gasteiger partial charge is 0.156 e. The molecule has 0 bridgehead atoms. The molecule has 0 aromatic heterocycles. The van der Waals surface area contributed by atoms with Gasteiger partial charge in [0, 0.05) is 18.3 Å². The zero-order chi connectivity index (χ0) is 13.0. The largest absolute Gasteiger partial charge is 0.361 e. The van der Waals surface area contributed by atoms with Crippen molar-refractivity contribution < 1.29 is 0 Å². The minimum Gasteiger partial charge on any atom is -0.361 e. The molecule has 1 aromatic carbocycles. The third-order valence-electron chi connectivity index (χ3n) is 3.25. The summed E-state index contributed by atoms with van der Waals surface area (Å²) in [5.41, 5.74) is 2.70. The minimum atomic E-state index is 0.590. The highest BCUT2D eigenvalue weighted by molar-refractivity contribution is 8.14. The van der Waals surface area contributed by atoms with E-state index >= 15 is 0 Å². The molecular weight excluding hydrogens is 240 g/mol. The average Bonchev–Trinajstić information content (AvgIpc) is 2.78. The third-order valence-corrected chi connectivity index (χ3v) is 4.30. The molecule has 0 aliphatic carbocycles. The van der Waals surface area contributed by atoms with Crippen LogP contribution in [0.1, 0.15) is 25.0 Å². The van der Waals surface area contributed by atoms with E-state index in [4.69, 9.17) is 0 Å². The normalized spacial score (nSPS) is 21.6. The van der Waals surface area contributed by atoms with Gasteiger partial charge in [-0.15, -0.1) is 0 Å². The number of rotatable bonds is 4. The monoisotopic (exact) mass is 262 g/mol. The fourth-order valence-electron chi connectivity index (χ4n) is 2.02. The molecule has 1 aliphatic heterocycles. The van der Waals surface area contributed by atoms with Crippen molar-refractivity contribution in [1.29, 1.82) is 0 Å². The van der Waals surface area contributed by atoms with E-state index in [1.807, 2.05) is 11.8 Å². The molecule has 98 valence electrons. The Hall–Kier alpha value is -0.960. The van der Waals surface area contributed by atoms with Crippen molar-refractivity contribution >= 4 is 16.9 Å². The van der Waals surface area contributed by atoms with Crippen molar-refractivity contribution in [2.45, 2.75) is 33.2 Å². The Morgan fingerprint density at radius 1 is 1.44 bits per heavy atom. The van der Waals surface area contributed by atoms with Crippen LogP contribution in [0.4, 0.5) is 0 Å². The first-order chi connectivity index (χ1) is 8.65. The van der Waals surface area contributed by atoms with Gasteiger partial charge in [0.1, 0.15) is 0 Å². The molecule has 0 spiro atoms. The Morgan fingerprint density at radius 2 is 2.28 bits per heavy atom. The van der Waals surface area contributed by atoms with E-state index in [2.05, 4.69) is 55.3 Å². The molecule has 2 nitrogen and oxygen atoms in total. The molecule has 1 N–H and O–H groups in total. The van der Waals surface area contributed by atoms with E-state index in [-0.39, 0.29) is 0 Å². The summed E-state index contributed by atoms with van der Waals surface area (Å²) in [6.45, 7) is 7.53. The number of aryl methyl sites for hydroxylation is 1. The Bertz CT molecular complexity index is 426. The SMILES string of the molecule is Cc1cccc(CCN=C2NC(C(C)C)CS2)c1. The topological polar surface area (TPSA) is 24.4 Å². The van der Waals surface area contributed by atoms with Gasteiger partial charge in [0.2, 0.25) is 0 Å². The minimum absolute atomic E-state index is 0.590. The van der Waals surface area contributed by atoms with Crippen molar-refractivity contribution in [2.24, 2.45) is 10.9 Å². The van der Waals surface area contributed by atoms with Crippen LogP contribution in [0.2, 0.25) is 0 Å². The molecule has 18 heavy (non-hydrogen) atoms. The van der Waals surface area contributed by atoms with Gasteiger partial charge < -0.3 is 5.32 Å². The first kappa shape index (κ1) is 13.5. The van der Waals surface area contributed by atoms with Crippen LogP contribution in [0.25, 0.3) is 0 Å². The number of amidine groups is 1. The summed E-state index contributed by atoms with van der Waals surface area (Å²) in [5.74, 6) is 1.84. The van der Waals surface area contributed by atoms with Crippen LogP contribution in [0.15, 0.2) is 29.3 Å². The molecule has 3 heteroatoms. The fraction of sp³-hybridized carbons (Fsp3) is 0.533. The number of hydrogen-bond donors (Lipinski definition) is 1. The summed E-state index contributed by atoms with van der Waals surface area (Å²) in [4.78, 5) is 4.65. The van der Waals surface area contributed by atoms with Crippen LogP contribution in [-0.2, 0) is 6.42 Å². The van der Waals surface area contributed by atoms with Gasteiger partial charge in [-0.25, -0.2) is 0 Å². The van der Waals surface area contributed by atoms with E-state index in [0.717, 1.165) is 23.9 Å². The Morgan fingerprint density at radius 3 is 2.94 bits per heavy atom. The van der Waals surface area contributed by atoms with Crippen LogP contribution >= 0.6 is 11.8 Å². The van der Waals surface area contributed by atoms with Crippen LogP contribution in [0.3, 0.4) is 0 Å². The molecule has 0 saturated carbocycles. The maximum atomic E-state index is 4.65. The molecule has 0 amide bonds. The zero-order valence-electron chi connectivity index (χ0n) is 11.4. The van der Waals surface area contributed by atoms with Crippen LogP contribution in [0, 0.1) is 12.8 Å². The summed E-state index contributed by atoms with van der Waals surface area (Å²) in [5, 5.41) is 4.63. The van der Waals surface area contributed by atoms with Gasteiger partial charge in [0.25, 0.3) is 0 Å². The number of benzene rings is 1. The lowest BCUT2D eigenvalue weighted by Gasteiger charge is -2.13. The second-order valence-electron chi connectivity index (χ2n) is 5.23. The van der Waals surface area contributed by atoms with Crippen molar-refractivity contribution in [2.75, 3.05) is 12.3 Å². The lowest BCUT2D eigenvalue weighted by Crippen LogP contribution is -2.31. The van der Waals surface area contributed by atoms with Gasteiger partial charge >= 0.3 is 0 Å². The standard InChI is InChI=1S/C15H22N2S/c1-11(2)14-10-18-15(17-14)16-8-7-13-6-4-5-12(3)9-13/h4-6,9,11,14H,7-8,10H2,1-3H3,(H,16,17). The van der Waals surface area contributed by atoms with Gasteiger partial charge in [-0.1, -0.05) is 55.4 Å². The summed E-state index contributed by atoms with van der Waals surface area (Å²) in [7, 11) is 0. The van der Waals surface area contributed by atoms with Crippen LogP contribution in [-0.4, -0.2) is 23.5 Å². The highest BCUT2D eigenvalue weighted by atomic mass is 32.2. The average molecular weight is 262 g/mol. The number of thioether (sulfide) groups is 1. The first-order valence-corrected chi connectivity index (χ1v) is 7.63. The number of hydrogen-bond acceptors (Lipinski definition) is 2. The highest BCUT2D eigenvalue weighted by Crippen LogP contribution is 2.19. The molecule has 1 fully saturated rings. The van der Waals surface area contributed by atoms with E-state index in [9.17, 15) is 0 Å². The molecule has 0 radical (unpaired) electrons. The van der Waals surface area contributed by atoms with Crippen molar-refractivity contribution in [1.82, 2.24) is 5.32 Å². The van der Waals surface area contributed by atoms with Crippen molar-refractivity contribution in [3.63, 3.8) is 0 Å². The van der Waals surface area contributed by atoms with Crippen LogP contribution < -0.4 is 5.32 Å². The van der Waals surface area contributed by atoms with E-state index < -0.39 is 0 Å². The lowest BCUT2D eigenvalue weighted by molar-refractivity contribution is 0.503. The van der Waals surface area contributed by atoms with Gasteiger partial charge in [-0.05, 0) is 24.8 Å². The summed E-state index contributed by atoms with van der Waals surface area (Å²) in [6.07, 6.45) is 1.03. The predicted molar refractivity (Wildman–Crippen MR) is 81.4 cm³/mol. The number of nitrogens with zero attached hydrogens (tertiary/aromatic N) is 1. The van der Waals surface area contributed by atoms with Gasteiger partial charge in [0.05, 0.1) is 0 Å². The van der Waals surface area contributed by atoms with Crippen molar-refractivity contribution in [3.05, 3.63) is 35.4 Å². The van der Waals surface area contributed by atoms with Gasteiger partial charge in [-0.3, -0.25) is 4.99 Å². The van der Waals surface area contributed by atoms with E-state index in [1.165, 1.54) is 11.1 Å². The Kier molecular flexibility index (Phi) is 4.70. The molecule has 1 aliphatic rings. The highest BCUT2D eigenvalue weighted by Gasteiger charge is 2.22. The third kappa shape index (κ3) is 3.77. The molecule has 1 saturated heterocycles. The fourth-order valence-corrected chi connectivity index (χ4v) is 3.24. The molecule has 1 heterocycles. The molecule has 2 rings (SSSR count). The Balaban J connectivity index is 1.82. The first-order valence-electron chi connectivity index (χ1n) is 6.64. The molecule has 1 atom stereocenters. The van der Waals surface area contributed by atoms with Crippen LogP contribution in [0.5, 0.6) is 0 Å². The zero-order valence-corrected chi connectivity index (χ0v) is 12.3. The van der Waals surface area contributed by atoms with Gasteiger partial charge in [0.15, 0.2) is 5.17 Å². The second kappa shape index (κ2) is 6.28. The number of nitrogens with one attached hydrogen (secondary N) is 1. The molecule has 1 aromatic rings. The number of aliphatic imine (C=N–C) groups is 1. The maximum absolute atomic E-state index is 4.65. The maximum Gasteiger partial charge on any atom is 0.156 e. The second-order valence-corrected chi connectivity index (χ2v) is 6.24. The quantitative estimate of drug-likeness (QED) is 0.900. The molecule has 1 unspecified atom stereocenters. The summed E-state index contributed by atoms with van der Waals surface area (Å²) in [6, 6.07) is 9.27. The summed E-state index contributed by atoms with van der Waals surface area (Å²) < 4.78 is 0. The van der Waals surface area contributed by atoms with Crippen molar-refractivity contribution in [3.8, 4) is 0 Å². The molecular formula is C15H22N2S. The van der Waals surface area contributed by atoms with Gasteiger partial charge in [-0.2, -0.15) is 0 Å².